The van der Waals surface area contributed by atoms with Crippen LogP contribution in [0.15, 0.2) is 115 Å². The molecule has 2 atom stereocenters. The SMILES string of the molecule is COc1ccccc1-c1cc2ccc(OC(C)(C)CC(C)(C)C(OCC(COC(=O)C(C)(CC(C)(C)C)C(C)(C)C)CC(F)(F)F)C(C)(C)CC(C)(C)Oc3ccc4cc(-c5ccccc5OC)c(=O)oc4c3)cc2oc1=O. The zero-order valence-electron chi connectivity index (χ0n) is 48.8. The van der Waals surface area contributed by atoms with Gasteiger partial charge in [-0.1, -0.05) is 106 Å². The van der Waals surface area contributed by atoms with Gasteiger partial charge in [-0.2, -0.15) is 13.2 Å². The van der Waals surface area contributed by atoms with E-state index in [2.05, 4.69) is 0 Å². The van der Waals surface area contributed by atoms with E-state index in [0.29, 0.717) is 86.5 Å². The summed E-state index contributed by atoms with van der Waals surface area (Å²) in [6.45, 7) is 28.5. The Bertz CT molecular complexity index is 3010. The minimum Gasteiger partial charge on any atom is -0.496 e. The summed E-state index contributed by atoms with van der Waals surface area (Å²) in [6, 6.07) is 28.5. The molecule has 0 fully saturated rings. The van der Waals surface area contributed by atoms with Crippen molar-refractivity contribution in [2.75, 3.05) is 27.4 Å². The van der Waals surface area contributed by atoms with Crippen molar-refractivity contribution >= 4 is 27.9 Å². The Morgan fingerprint density at radius 3 is 1.35 bits per heavy atom. The molecular weight excluding hydrogens is 1000 g/mol. The van der Waals surface area contributed by atoms with E-state index in [1.807, 2.05) is 140 Å². The normalized spacial score (nSPS) is 14.3. The zero-order chi connectivity index (χ0) is 58.0. The van der Waals surface area contributed by atoms with Gasteiger partial charge in [0.25, 0.3) is 0 Å². The molecule has 0 N–H and O–H groups in total. The van der Waals surface area contributed by atoms with E-state index in [0.717, 1.165) is 0 Å². The fourth-order valence-corrected chi connectivity index (χ4v) is 11.8. The van der Waals surface area contributed by atoms with E-state index in [1.165, 1.54) is 14.2 Å². The third kappa shape index (κ3) is 15.1. The average Bonchev–Trinajstić information content (AvgIpc) is 3.30. The van der Waals surface area contributed by atoms with Gasteiger partial charge in [0.05, 0.1) is 56.5 Å². The number of methoxy groups -OCH3 is 2. The molecule has 0 spiro atoms. The third-order valence-electron chi connectivity index (χ3n) is 14.6. The number of esters is 1. The molecule has 6 aromatic rings. The molecular formula is C64H81F3O11. The molecule has 424 valence electrons. The van der Waals surface area contributed by atoms with Crippen LogP contribution in [0.3, 0.4) is 0 Å². The predicted octanol–water partition coefficient (Wildman–Crippen LogP) is 16.1. The molecule has 4 aromatic carbocycles. The van der Waals surface area contributed by atoms with E-state index in [4.69, 9.17) is 37.3 Å². The lowest BCUT2D eigenvalue weighted by Crippen LogP contribution is -2.51. The summed E-state index contributed by atoms with van der Waals surface area (Å²) < 4.78 is 92.6. The van der Waals surface area contributed by atoms with Gasteiger partial charge in [-0.25, -0.2) is 9.59 Å². The number of alkyl halides is 3. The number of halogens is 3. The Hall–Kier alpha value is -6.28. The van der Waals surface area contributed by atoms with E-state index in [9.17, 15) is 27.6 Å². The number of ether oxygens (including phenoxy) is 6. The molecule has 0 saturated heterocycles. The van der Waals surface area contributed by atoms with Crippen LogP contribution in [-0.4, -0.2) is 56.9 Å². The van der Waals surface area contributed by atoms with Crippen LogP contribution in [-0.2, 0) is 14.3 Å². The molecule has 2 unspecified atom stereocenters. The monoisotopic (exact) mass is 1080 g/mol. The highest BCUT2D eigenvalue weighted by atomic mass is 19.4. The molecule has 11 nitrogen and oxygen atoms in total. The summed E-state index contributed by atoms with van der Waals surface area (Å²) >= 11 is 0. The lowest BCUT2D eigenvalue weighted by Gasteiger charge is -2.49. The first kappa shape index (κ1) is 60.9. The van der Waals surface area contributed by atoms with Crippen LogP contribution in [0.5, 0.6) is 23.0 Å². The van der Waals surface area contributed by atoms with Crippen LogP contribution >= 0.6 is 0 Å². The quantitative estimate of drug-likeness (QED) is 0.0475. The largest absolute Gasteiger partial charge is 0.496 e. The molecule has 0 amide bonds. The van der Waals surface area contributed by atoms with Crippen molar-refractivity contribution in [2.24, 2.45) is 33.0 Å². The second-order valence-corrected chi connectivity index (χ2v) is 26.1. The average molecular weight is 1080 g/mol. The van der Waals surface area contributed by atoms with Crippen molar-refractivity contribution in [3.05, 3.63) is 118 Å². The van der Waals surface area contributed by atoms with Gasteiger partial charge in [0, 0.05) is 39.9 Å². The lowest BCUT2D eigenvalue weighted by atomic mass is 9.61. The summed E-state index contributed by atoms with van der Waals surface area (Å²) in [5.41, 5.74) is -3.87. The summed E-state index contributed by atoms with van der Waals surface area (Å²) in [6.07, 6.45) is -5.45. The number of hydrogen-bond donors (Lipinski definition) is 0. The van der Waals surface area contributed by atoms with Crippen LogP contribution < -0.4 is 30.2 Å². The number of carbonyl (C=O) groups is 1. The standard InChI is InChI=1S/C64H81F3O11/c1-57(2,3)37-63(15,58(4,5)6)56(70)74-36-40(34-64(65,66)67)35-73-55(59(7,8)38-61(11,12)77-43-28-26-41-30-47(53(68)75-51(41)32-43)45-22-18-20-24-49(45)71-16)60(9,10)39-62(13,14)78-44-29-27-42-31-48(54(69)76-52(42)33-44)46-23-19-21-25-50(46)72-17/h18-33,40,55H,34-39H2,1-17H3. The molecule has 0 aliphatic rings. The molecule has 2 heterocycles. The van der Waals surface area contributed by atoms with Crippen LogP contribution in [0.4, 0.5) is 13.2 Å². The first-order valence-corrected chi connectivity index (χ1v) is 26.6. The Kier molecular flexibility index (Phi) is 17.8. The summed E-state index contributed by atoms with van der Waals surface area (Å²) in [5, 5.41) is 1.34. The summed E-state index contributed by atoms with van der Waals surface area (Å²) in [5.74, 6) is 0.150. The Balaban J connectivity index is 1.30. The maximum Gasteiger partial charge on any atom is 0.389 e. The minimum absolute atomic E-state index is 0.271. The molecule has 2 aromatic heterocycles. The highest BCUT2D eigenvalue weighted by Crippen LogP contribution is 2.49. The zero-order valence-corrected chi connectivity index (χ0v) is 48.8. The molecule has 0 aliphatic heterocycles. The van der Waals surface area contributed by atoms with Gasteiger partial charge in [0.15, 0.2) is 0 Å². The molecule has 6 rings (SSSR count). The maximum atomic E-state index is 14.5. The molecule has 0 bridgehead atoms. The maximum absolute atomic E-state index is 14.5. The topological polar surface area (TPSA) is 133 Å². The fourth-order valence-electron chi connectivity index (χ4n) is 11.8. The first-order valence-electron chi connectivity index (χ1n) is 26.6. The second-order valence-electron chi connectivity index (χ2n) is 26.1. The van der Waals surface area contributed by atoms with Gasteiger partial charge < -0.3 is 37.3 Å². The fraction of sp³-hybridized carbons (Fsp3) is 0.516. The van der Waals surface area contributed by atoms with Gasteiger partial charge in [-0.15, -0.1) is 0 Å². The van der Waals surface area contributed by atoms with Crippen molar-refractivity contribution in [2.45, 2.75) is 153 Å². The number of carbonyl (C=O) groups excluding carboxylic acids is 1. The first-order chi connectivity index (χ1) is 36.0. The molecule has 0 radical (unpaired) electrons. The van der Waals surface area contributed by atoms with Gasteiger partial charge in [-0.05, 0) is 124 Å². The minimum atomic E-state index is -4.59. The lowest BCUT2D eigenvalue weighted by molar-refractivity contribution is -0.183. The van der Waals surface area contributed by atoms with Gasteiger partial charge in [0.1, 0.15) is 45.4 Å². The molecule has 0 saturated carbocycles. The number of fused-ring (bicyclic) bond motifs is 2. The summed E-state index contributed by atoms with van der Waals surface area (Å²) in [4.78, 5) is 40.9. The van der Waals surface area contributed by atoms with E-state index in [-0.39, 0.29) is 12.0 Å². The van der Waals surface area contributed by atoms with Crippen LogP contribution in [0, 0.1) is 33.0 Å². The van der Waals surface area contributed by atoms with Crippen molar-refractivity contribution < 1.29 is 55.2 Å². The number of hydrogen-bond acceptors (Lipinski definition) is 11. The Labute approximate surface area is 458 Å². The van der Waals surface area contributed by atoms with Crippen LogP contribution in [0.25, 0.3) is 44.2 Å². The van der Waals surface area contributed by atoms with Gasteiger partial charge in [0.2, 0.25) is 0 Å². The highest BCUT2D eigenvalue weighted by Gasteiger charge is 2.50. The molecule has 78 heavy (non-hydrogen) atoms. The number of rotatable bonds is 22. The van der Waals surface area contributed by atoms with Crippen molar-refractivity contribution in [3.63, 3.8) is 0 Å². The Morgan fingerprint density at radius 1 is 0.538 bits per heavy atom. The smallest absolute Gasteiger partial charge is 0.389 e. The molecule has 14 heteroatoms. The van der Waals surface area contributed by atoms with E-state index >= 15 is 0 Å². The van der Waals surface area contributed by atoms with E-state index in [1.54, 1.807) is 60.7 Å². The van der Waals surface area contributed by atoms with Gasteiger partial charge >= 0.3 is 23.4 Å². The number of benzene rings is 4. The third-order valence-corrected chi connectivity index (χ3v) is 14.6. The predicted molar refractivity (Wildman–Crippen MR) is 302 cm³/mol. The second kappa shape index (κ2) is 22.8. The highest BCUT2D eigenvalue weighted by molar-refractivity contribution is 5.85. The Morgan fingerprint density at radius 2 is 0.962 bits per heavy atom. The summed E-state index contributed by atoms with van der Waals surface area (Å²) in [7, 11) is 3.08. The van der Waals surface area contributed by atoms with Crippen molar-refractivity contribution in [1.29, 1.82) is 0 Å². The van der Waals surface area contributed by atoms with Crippen LogP contribution in [0.2, 0.25) is 0 Å². The van der Waals surface area contributed by atoms with E-state index < -0.39 is 81.3 Å². The molecule has 0 aliphatic carbocycles. The number of para-hydroxylation sites is 2. The van der Waals surface area contributed by atoms with Crippen molar-refractivity contribution in [3.8, 4) is 45.3 Å². The van der Waals surface area contributed by atoms with Crippen molar-refractivity contribution in [1.82, 2.24) is 0 Å². The van der Waals surface area contributed by atoms with Crippen LogP contribution in [0.1, 0.15) is 130 Å². The van der Waals surface area contributed by atoms with Gasteiger partial charge in [-0.3, -0.25) is 4.79 Å².